The Morgan fingerprint density at radius 3 is 2.57 bits per heavy atom. The molecule has 0 radical (unpaired) electrons. The van der Waals surface area contributed by atoms with Crippen molar-refractivity contribution in [3.05, 3.63) is 42.0 Å². The van der Waals surface area contributed by atoms with Crippen LogP contribution in [0.25, 0.3) is 22.4 Å². The first-order valence-electron chi connectivity index (χ1n) is 6.42. The number of aromatic nitrogens is 2. The summed E-state index contributed by atoms with van der Waals surface area (Å²) >= 11 is 0. The molecule has 1 heterocycles. The smallest absolute Gasteiger partial charge is 0.161 e. The summed E-state index contributed by atoms with van der Waals surface area (Å²) in [5.74, 6) is 2.03. The highest BCUT2D eigenvalue weighted by molar-refractivity contribution is 5.86. The number of carbonyl (C=O) groups excluding carboxylic acids is 1. The molecule has 0 saturated heterocycles. The lowest BCUT2D eigenvalue weighted by Crippen LogP contribution is -1.91. The molecular formula is C16H14N2O3. The average Bonchev–Trinajstić information content (AvgIpc) is 2.96. The third-order valence-corrected chi connectivity index (χ3v) is 3.30. The molecule has 0 amide bonds. The number of nitrogens with one attached hydrogen (secondary N) is 1. The maximum absolute atomic E-state index is 10.8. The highest BCUT2D eigenvalue weighted by atomic mass is 16.5. The lowest BCUT2D eigenvalue weighted by molar-refractivity contribution is 0.112. The van der Waals surface area contributed by atoms with Gasteiger partial charge >= 0.3 is 0 Å². The molecule has 0 fully saturated rings. The molecule has 0 atom stereocenters. The van der Waals surface area contributed by atoms with E-state index < -0.39 is 0 Å². The van der Waals surface area contributed by atoms with Crippen LogP contribution in [0.5, 0.6) is 11.5 Å². The van der Waals surface area contributed by atoms with Crippen LogP contribution in [-0.4, -0.2) is 30.5 Å². The summed E-state index contributed by atoms with van der Waals surface area (Å²) in [4.78, 5) is 18.5. The second kappa shape index (κ2) is 5.28. The Kier molecular flexibility index (Phi) is 3.31. The Balaban J connectivity index is 2.09. The number of H-pyrrole nitrogens is 1. The van der Waals surface area contributed by atoms with Gasteiger partial charge in [0.15, 0.2) is 11.5 Å². The van der Waals surface area contributed by atoms with E-state index in [9.17, 15) is 4.79 Å². The summed E-state index contributed by atoms with van der Waals surface area (Å²) < 4.78 is 10.5. The second-order valence-corrected chi connectivity index (χ2v) is 4.55. The summed E-state index contributed by atoms with van der Waals surface area (Å²) in [6, 6.07) is 10.9. The number of methoxy groups -OCH3 is 2. The van der Waals surface area contributed by atoms with Crippen LogP contribution < -0.4 is 9.47 Å². The molecule has 1 N–H and O–H groups in total. The molecular weight excluding hydrogens is 268 g/mol. The fraction of sp³-hybridized carbons (Fsp3) is 0.125. The zero-order valence-corrected chi connectivity index (χ0v) is 11.7. The summed E-state index contributed by atoms with van der Waals surface area (Å²) in [5, 5.41) is 0. The normalized spacial score (nSPS) is 10.6. The van der Waals surface area contributed by atoms with Crippen LogP contribution in [0.1, 0.15) is 10.4 Å². The summed E-state index contributed by atoms with van der Waals surface area (Å²) in [6.07, 6.45) is 0.816. The molecule has 1 aromatic heterocycles. The number of hydrogen-bond donors (Lipinski definition) is 1. The van der Waals surface area contributed by atoms with E-state index in [1.807, 2.05) is 24.3 Å². The van der Waals surface area contributed by atoms with E-state index in [1.165, 1.54) is 0 Å². The van der Waals surface area contributed by atoms with Crippen LogP contribution >= 0.6 is 0 Å². The predicted octanol–water partition coefficient (Wildman–Crippen LogP) is 3.06. The van der Waals surface area contributed by atoms with Gasteiger partial charge in [-0.25, -0.2) is 4.98 Å². The molecule has 0 aliphatic rings. The quantitative estimate of drug-likeness (QED) is 0.747. The molecule has 0 bridgehead atoms. The van der Waals surface area contributed by atoms with Gasteiger partial charge in [-0.2, -0.15) is 0 Å². The first kappa shape index (κ1) is 13.2. The van der Waals surface area contributed by atoms with Crippen LogP contribution in [0, 0.1) is 0 Å². The number of rotatable bonds is 4. The fourth-order valence-electron chi connectivity index (χ4n) is 2.22. The fourth-order valence-corrected chi connectivity index (χ4v) is 2.22. The van der Waals surface area contributed by atoms with Crippen molar-refractivity contribution >= 4 is 17.3 Å². The number of benzene rings is 2. The number of nitrogens with zero attached hydrogens (tertiary/aromatic N) is 1. The van der Waals surface area contributed by atoms with Gasteiger partial charge in [0.1, 0.15) is 12.1 Å². The van der Waals surface area contributed by atoms with Crippen molar-refractivity contribution in [2.45, 2.75) is 0 Å². The van der Waals surface area contributed by atoms with Crippen molar-refractivity contribution < 1.29 is 14.3 Å². The van der Waals surface area contributed by atoms with Gasteiger partial charge < -0.3 is 14.5 Å². The van der Waals surface area contributed by atoms with Crippen LogP contribution in [-0.2, 0) is 0 Å². The molecule has 2 aromatic carbocycles. The molecule has 0 aliphatic heterocycles. The van der Waals surface area contributed by atoms with E-state index in [4.69, 9.17) is 9.47 Å². The molecule has 5 nitrogen and oxygen atoms in total. The second-order valence-electron chi connectivity index (χ2n) is 4.55. The predicted molar refractivity (Wildman–Crippen MR) is 80.0 cm³/mol. The van der Waals surface area contributed by atoms with Gasteiger partial charge in [0.2, 0.25) is 0 Å². The molecule has 3 aromatic rings. The van der Waals surface area contributed by atoms with E-state index in [-0.39, 0.29) is 0 Å². The van der Waals surface area contributed by atoms with Crippen LogP contribution in [0.3, 0.4) is 0 Å². The SMILES string of the molecule is COc1ccc(-c2nc3ccc(C=O)cc3[nH]2)cc1OC. The Bertz CT molecular complexity index is 808. The molecule has 5 heteroatoms. The molecule has 106 valence electrons. The van der Waals surface area contributed by atoms with Crippen LogP contribution in [0.4, 0.5) is 0 Å². The molecule has 0 aliphatic carbocycles. The molecule has 0 saturated carbocycles. The Morgan fingerprint density at radius 2 is 1.86 bits per heavy atom. The van der Waals surface area contributed by atoms with Gasteiger partial charge in [-0.05, 0) is 36.4 Å². The highest BCUT2D eigenvalue weighted by Gasteiger charge is 2.10. The third kappa shape index (κ3) is 2.33. The van der Waals surface area contributed by atoms with Crippen molar-refractivity contribution in [2.24, 2.45) is 0 Å². The maximum atomic E-state index is 10.8. The minimum Gasteiger partial charge on any atom is -0.493 e. The number of ether oxygens (including phenoxy) is 2. The van der Waals surface area contributed by atoms with Gasteiger partial charge in [-0.15, -0.1) is 0 Å². The van der Waals surface area contributed by atoms with Crippen LogP contribution in [0.2, 0.25) is 0 Å². The van der Waals surface area contributed by atoms with E-state index in [0.29, 0.717) is 22.9 Å². The van der Waals surface area contributed by atoms with E-state index in [1.54, 1.807) is 26.4 Å². The number of imidazole rings is 1. The van der Waals surface area contributed by atoms with E-state index in [2.05, 4.69) is 9.97 Å². The third-order valence-electron chi connectivity index (χ3n) is 3.30. The minimum absolute atomic E-state index is 0.616. The van der Waals surface area contributed by atoms with Crippen molar-refractivity contribution in [3.8, 4) is 22.9 Å². The summed E-state index contributed by atoms with van der Waals surface area (Å²) in [6.45, 7) is 0. The van der Waals surface area contributed by atoms with Gasteiger partial charge in [-0.1, -0.05) is 0 Å². The number of carbonyl (C=O) groups is 1. The first-order valence-corrected chi connectivity index (χ1v) is 6.42. The molecule has 3 rings (SSSR count). The van der Waals surface area contributed by atoms with Gasteiger partial charge in [0.25, 0.3) is 0 Å². The number of hydrogen-bond acceptors (Lipinski definition) is 4. The lowest BCUT2D eigenvalue weighted by atomic mass is 10.2. The van der Waals surface area contributed by atoms with Crippen molar-refractivity contribution in [1.82, 2.24) is 9.97 Å². The number of aromatic amines is 1. The highest BCUT2D eigenvalue weighted by Crippen LogP contribution is 2.31. The largest absolute Gasteiger partial charge is 0.493 e. The average molecular weight is 282 g/mol. The van der Waals surface area contributed by atoms with Gasteiger partial charge in [0.05, 0.1) is 25.3 Å². The molecule has 0 unspecified atom stereocenters. The maximum Gasteiger partial charge on any atom is 0.161 e. The Labute approximate surface area is 121 Å². The lowest BCUT2D eigenvalue weighted by Gasteiger charge is -2.08. The Hall–Kier alpha value is -2.82. The zero-order valence-electron chi connectivity index (χ0n) is 11.7. The monoisotopic (exact) mass is 282 g/mol. The van der Waals surface area contributed by atoms with Gasteiger partial charge in [-0.3, -0.25) is 4.79 Å². The standard InChI is InChI=1S/C16H14N2O3/c1-20-14-6-4-11(8-15(14)21-2)16-17-12-5-3-10(9-19)7-13(12)18-16/h3-9H,1-2H3,(H,17,18). The van der Waals surface area contributed by atoms with Gasteiger partial charge in [0, 0.05) is 11.1 Å². The van der Waals surface area contributed by atoms with Crippen molar-refractivity contribution in [3.63, 3.8) is 0 Å². The first-order chi connectivity index (χ1) is 10.2. The Morgan fingerprint density at radius 1 is 1.05 bits per heavy atom. The molecule has 0 spiro atoms. The molecule has 21 heavy (non-hydrogen) atoms. The van der Waals surface area contributed by atoms with Crippen molar-refractivity contribution in [1.29, 1.82) is 0 Å². The van der Waals surface area contributed by atoms with E-state index >= 15 is 0 Å². The van der Waals surface area contributed by atoms with Crippen LogP contribution in [0.15, 0.2) is 36.4 Å². The zero-order chi connectivity index (χ0) is 14.8. The minimum atomic E-state index is 0.616. The summed E-state index contributed by atoms with van der Waals surface area (Å²) in [7, 11) is 3.19. The number of fused-ring (bicyclic) bond motifs is 1. The van der Waals surface area contributed by atoms with E-state index in [0.717, 1.165) is 22.9 Å². The topological polar surface area (TPSA) is 64.2 Å². The number of aldehydes is 1. The van der Waals surface area contributed by atoms with Crippen molar-refractivity contribution in [2.75, 3.05) is 14.2 Å². The summed E-state index contributed by atoms with van der Waals surface area (Å²) in [5.41, 5.74) is 3.14.